The highest BCUT2D eigenvalue weighted by atomic mass is 35.5. The number of nitrogens with zero attached hydrogens (tertiary/aromatic N) is 1. The van der Waals surface area contributed by atoms with Gasteiger partial charge in [-0.15, -0.1) is 11.3 Å². The Labute approximate surface area is 150 Å². The highest BCUT2D eigenvalue weighted by Gasteiger charge is 2.18. The Morgan fingerprint density at radius 2 is 1.79 bits per heavy atom. The van der Waals surface area contributed by atoms with Crippen LogP contribution in [0, 0.1) is 0 Å². The van der Waals surface area contributed by atoms with Gasteiger partial charge >= 0.3 is 0 Å². The van der Waals surface area contributed by atoms with Gasteiger partial charge in [0.15, 0.2) is 0 Å². The maximum Gasteiger partial charge on any atom is 0.261 e. The van der Waals surface area contributed by atoms with Gasteiger partial charge in [0.25, 0.3) is 5.91 Å². The van der Waals surface area contributed by atoms with Crippen molar-refractivity contribution in [2.45, 2.75) is 19.3 Å². The fraction of sp³-hybridized carbons (Fsp3) is 0.333. The molecule has 0 bridgehead atoms. The summed E-state index contributed by atoms with van der Waals surface area (Å²) in [5, 5.41) is 3.52. The normalized spacial score (nSPS) is 14.0. The third kappa shape index (κ3) is 4.16. The minimum absolute atomic E-state index is 0.126. The van der Waals surface area contributed by atoms with Crippen molar-refractivity contribution in [3.05, 3.63) is 46.3 Å². The Bertz CT molecular complexity index is 721. The van der Waals surface area contributed by atoms with E-state index in [1.165, 1.54) is 11.3 Å². The number of nitrogens with one attached hydrogen (secondary N) is 1. The second-order valence-corrected chi connectivity index (χ2v) is 7.28. The number of likely N-dealkylation sites (tertiary alicyclic amines) is 1. The van der Waals surface area contributed by atoms with Crippen LogP contribution in [0.4, 0.5) is 0 Å². The van der Waals surface area contributed by atoms with Crippen LogP contribution >= 0.6 is 22.9 Å². The lowest BCUT2D eigenvalue weighted by molar-refractivity contribution is -0.129. The van der Waals surface area contributed by atoms with Gasteiger partial charge < -0.3 is 10.2 Å². The van der Waals surface area contributed by atoms with Crippen molar-refractivity contribution in [3.8, 4) is 10.4 Å². The number of thiophene rings is 1. The maximum absolute atomic E-state index is 12.2. The van der Waals surface area contributed by atoms with Gasteiger partial charge in [0.1, 0.15) is 0 Å². The first-order valence-corrected chi connectivity index (χ1v) is 9.25. The van der Waals surface area contributed by atoms with Gasteiger partial charge in [0.05, 0.1) is 4.88 Å². The molecule has 1 aromatic heterocycles. The summed E-state index contributed by atoms with van der Waals surface area (Å²) in [7, 11) is 0. The number of benzene rings is 1. The Kier molecular flexibility index (Phi) is 5.53. The zero-order valence-electron chi connectivity index (χ0n) is 13.3. The van der Waals surface area contributed by atoms with Gasteiger partial charge in [-0.25, -0.2) is 0 Å². The summed E-state index contributed by atoms with van der Waals surface area (Å²) in [4.78, 5) is 27.7. The molecule has 0 unspecified atom stereocenters. The number of hydrogen-bond acceptors (Lipinski definition) is 3. The van der Waals surface area contributed by atoms with Crippen molar-refractivity contribution in [1.29, 1.82) is 0 Å². The Morgan fingerprint density at radius 3 is 2.50 bits per heavy atom. The third-order valence-electron chi connectivity index (χ3n) is 4.04. The highest BCUT2D eigenvalue weighted by molar-refractivity contribution is 7.17. The SMILES string of the molecule is O=C(NCCC(=O)N1CCCC1)c1ccc(-c2ccc(Cl)cc2)s1. The monoisotopic (exact) mass is 362 g/mol. The topological polar surface area (TPSA) is 49.4 Å². The average Bonchev–Trinajstić information content (AvgIpc) is 3.27. The molecule has 2 heterocycles. The molecule has 1 aromatic carbocycles. The summed E-state index contributed by atoms with van der Waals surface area (Å²) in [6, 6.07) is 11.3. The molecule has 24 heavy (non-hydrogen) atoms. The second-order valence-electron chi connectivity index (χ2n) is 5.76. The van der Waals surface area contributed by atoms with Crippen LogP contribution in [-0.4, -0.2) is 36.3 Å². The zero-order chi connectivity index (χ0) is 16.9. The molecule has 0 saturated carbocycles. The summed E-state index contributed by atoms with van der Waals surface area (Å²) in [5.74, 6) is -0.00438. The van der Waals surface area contributed by atoms with Crippen LogP contribution in [0.1, 0.15) is 28.9 Å². The van der Waals surface area contributed by atoms with Crippen LogP contribution in [0.3, 0.4) is 0 Å². The molecule has 0 spiro atoms. The molecule has 126 valence electrons. The molecule has 1 aliphatic rings. The lowest BCUT2D eigenvalue weighted by Gasteiger charge is -2.14. The molecule has 1 saturated heterocycles. The largest absolute Gasteiger partial charge is 0.351 e. The van der Waals surface area contributed by atoms with Crippen LogP contribution in [0.25, 0.3) is 10.4 Å². The minimum atomic E-state index is -0.130. The van der Waals surface area contributed by atoms with E-state index in [1.54, 1.807) is 0 Å². The Balaban J connectivity index is 1.52. The van der Waals surface area contributed by atoms with Crippen molar-refractivity contribution < 1.29 is 9.59 Å². The molecule has 1 fully saturated rings. The molecule has 1 aliphatic heterocycles. The van der Waals surface area contributed by atoms with E-state index in [9.17, 15) is 9.59 Å². The van der Waals surface area contributed by atoms with Crippen LogP contribution < -0.4 is 5.32 Å². The first kappa shape index (κ1) is 17.0. The van der Waals surface area contributed by atoms with Gasteiger partial charge in [-0.3, -0.25) is 9.59 Å². The third-order valence-corrected chi connectivity index (χ3v) is 5.43. The van der Waals surface area contributed by atoms with Crippen LogP contribution in [0.5, 0.6) is 0 Å². The van der Waals surface area contributed by atoms with E-state index in [1.807, 2.05) is 41.3 Å². The molecule has 0 aliphatic carbocycles. The number of rotatable bonds is 5. The van der Waals surface area contributed by atoms with Gasteiger partial charge in [-0.2, -0.15) is 0 Å². The van der Waals surface area contributed by atoms with Gasteiger partial charge in [-0.05, 0) is 42.7 Å². The summed E-state index contributed by atoms with van der Waals surface area (Å²) < 4.78 is 0. The van der Waals surface area contributed by atoms with E-state index in [-0.39, 0.29) is 11.8 Å². The van der Waals surface area contributed by atoms with Gasteiger partial charge in [0.2, 0.25) is 5.91 Å². The molecule has 4 nitrogen and oxygen atoms in total. The number of halogens is 1. The van der Waals surface area contributed by atoms with Crippen molar-refractivity contribution in [3.63, 3.8) is 0 Å². The van der Waals surface area contributed by atoms with Crippen molar-refractivity contribution >= 4 is 34.8 Å². The van der Waals surface area contributed by atoms with E-state index in [2.05, 4.69) is 5.32 Å². The quantitative estimate of drug-likeness (QED) is 0.879. The summed E-state index contributed by atoms with van der Waals surface area (Å²) in [6.45, 7) is 2.08. The smallest absolute Gasteiger partial charge is 0.261 e. The van der Waals surface area contributed by atoms with Crippen molar-refractivity contribution in [2.24, 2.45) is 0 Å². The molecule has 6 heteroatoms. The number of hydrogen-bond donors (Lipinski definition) is 1. The van der Waals surface area contributed by atoms with Crippen LogP contribution in [0.15, 0.2) is 36.4 Å². The van der Waals surface area contributed by atoms with Crippen molar-refractivity contribution in [2.75, 3.05) is 19.6 Å². The molecule has 2 amide bonds. The number of amides is 2. The molecular weight excluding hydrogens is 344 g/mol. The standard InChI is InChI=1S/C18H19ClN2O2S/c19-14-5-3-13(4-6-14)15-7-8-16(24-15)18(23)20-10-9-17(22)21-11-1-2-12-21/h3-8H,1-2,9-12H2,(H,20,23). The van der Waals surface area contributed by atoms with E-state index in [4.69, 9.17) is 11.6 Å². The number of carbonyl (C=O) groups excluding carboxylic acids is 2. The predicted molar refractivity (Wildman–Crippen MR) is 97.5 cm³/mol. The van der Waals surface area contributed by atoms with Gasteiger partial charge in [-0.1, -0.05) is 23.7 Å². The van der Waals surface area contributed by atoms with Crippen LogP contribution in [0.2, 0.25) is 5.02 Å². The fourth-order valence-electron chi connectivity index (χ4n) is 2.72. The van der Waals surface area contributed by atoms with Crippen molar-refractivity contribution in [1.82, 2.24) is 10.2 Å². The summed E-state index contributed by atoms with van der Waals surface area (Å²) in [5.41, 5.74) is 1.03. The molecule has 0 atom stereocenters. The van der Waals surface area contributed by atoms with E-state index in [0.717, 1.165) is 36.4 Å². The Morgan fingerprint density at radius 1 is 1.08 bits per heavy atom. The second kappa shape index (κ2) is 7.81. The summed E-state index contributed by atoms with van der Waals surface area (Å²) in [6.07, 6.45) is 2.53. The number of carbonyl (C=O) groups is 2. The molecule has 3 rings (SSSR count). The van der Waals surface area contributed by atoms with Gasteiger partial charge in [0, 0.05) is 36.0 Å². The molecular formula is C18H19ClN2O2S. The lowest BCUT2D eigenvalue weighted by Crippen LogP contribution is -2.32. The summed E-state index contributed by atoms with van der Waals surface area (Å²) >= 11 is 7.33. The predicted octanol–water partition coefficient (Wildman–Crippen LogP) is 3.81. The Hall–Kier alpha value is -1.85. The van der Waals surface area contributed by atoms with Crippen LogP contribution in [-0.2, 0) is 4.79 Å². The maximum atomic E-state index is 12.2. The van der Waals surface area contributed by atoms with E-state index < -0.39 is 0 Å². The minimum Gasteiger partial charge on any atom is -0.351 e. The fourth-order valence-corrected chi connectivity index (χ4v) is 3.78. The zero-order valence-corrected chi connectivity index (χ0v) is 14.8. The van der Waals surface area contributed by atoms with E-state index >= 15 is 0 Å². The molecule has 1 N–H and O–H groups in total. The van der Waals surface area contributed by atoms with E-state index in [0.29, 0.717) is 22.9 Å². The average molecular weight is 363 g/mol. The first-order chi connectivity index (χ1) is 11.6. The lowest BCUT2D eigenvalue weighted by atomic mass is 10.2. The highest BCUT2D eigenvalue weighted by Crippen LogP contribution is 2.29. The molecule has 0 radical (unpaired) electrons. The first-order valence-electron chi connectivity index (χ1n) is 8.05. The molecule has 2 aromatic rings.